The van der Waals surface area contributed by atoms with Gasteiger partial charge in [0.2, 0.25) is 11.8 Å². The minimum absolute atomic E-state index is 0.161. The van der Waals surface area contributed by atoms with Crippen LogP contribution < -0.4 is 5.32 Å². The minimum atomic E-state index is 0.161. The predicted octanol–water partition coefficient (Wildman–Crippen LogP) is 3.74. The van der Waals surface area contributed by atoms with E-state index in [0.717, 1.165) is 37.6 Å². The molecule has 0 aliphatic heterocycles. The zero-order valence-corrected chi connectivity index (χ0v) is 12.5. The van der Waals surface area contributed by atoms with Gasteiger partial charge in [-0.05, 0) is 38.6 Å². The van der Waals surface area contributed by atoms with Crippen LogP contribution in [0.3, 0.4) is 0 Å². The van der Waals surface area contributed by atoms with Crippen LogP contribution in [0.2, 0.25) is 0 Å². The Labute approximate surface area is 116 Å². The molecule has 1 aromatic rings. The van der Waals surface area contributed by atoms with Crippen LogP contribution >= 0.6 is 0 Å². The summed E-state index contributed by atoms with van der Waals surface area (Å²) < 4.78 is 6.03. The Kier molecular flexibility index (Phi) is 4.97. The number of rotatable bonds is 7. The third kappa shape index (κ3) is 2.99. The Morgan fingerprint density at radius 3 is 2.53 bits per heavy atom. The Hall–Kier alpha value is -0.900. The largest absolute Gasteiger partial charge is 0.423 e. The molecule has 19 heavy (non-hydrogen) atoms. The van der Waals surface area contributed by atoms with Crippen LogP contribution in [0.25, 0.3) is 0 Å². The number of nitrogens with one attached hydrogen (secondary N) is 1. The van der Waals surface area contributed by atoms with E-state index < -0.39 is 0 Å². The molecular weight excluding hydrogens is 238 g/mol. The van der Waals surface area contributed by atoms with Gasteiger partial charge in [-0.15, -0.1) is 10.2 Å². The van der Waals surface area contributed by atoms with Crippen LogP contribution in [0, 0.1) is 0 Å². The number of hydrogen-bond acceptors (Lipinski definition) is 4. The highest BCUT2D eigenvalue weighted by Crippen LogP contribution is 2.43. The van der Waals surface area contributed by atoms with Crippen molar-refractivity contribution in [1.82, 2.24) is 15.5 Å². The fraction of sp³-hybridized carbons (Fsp3) is 0.867. The van der Waals surface area contributed by atoms with Crippen LogP contribution in [0.5, 0.6) is 0 Å². The second-order valence-corrected chi connectivity index (χ2v) is 5.70. The third-order valence-corrected chi connectivity index (χ3v) is 4.48. The standard InChI is InChI=1S/C15H27N3O/c1-4-11-16-12(5-2)13-17-18-14(19-13)15(6-3)9-7-8-10-15/h12,16H,4-11H2,1-3H3. The van der Waals surface area contributed by atoms with Crippen molar-refractivity contribution >= 4 is 0 Å². The van der Waals surface area contributed by atoms with E-state index in [0.29, 0.717) is 0 Å². The first-order valence-electron chi connectivity index (χ1n) is 7.83. The summed E-state index contributed by atoms with van der Waals surface area (Å²) in [6.45, 7) is 7.56. The quantitative estimate of drug-likeness (QED) is 0.816. The number of nitrogens with zero attached hydrogens (tertiary/aromatic N) is 2. The van der Waals surface area contributed by atoms with Gasteiger partial charge in [0.15, 0.2) is 0 Å². The summed E-state index contributed by atoms with van der Waals surface area (Å²) in [6, 6.07) is 0.205. The predicted molar refractivity (Wildman–Crippen MR) is 76.1 cm³/mol. The summed E-state index contributed by atoms with van der Waals surface area (Å²) in [7, 11) is 0. The topological polar surface area (TPSA) is 51.0 Å². The second-order valence-electron chi connectivity index (χ2n) is 5.70. The van der Waals surface area contributed by atoms with Gasteiger partial charge >= 0.3 is 0 Å². The molecule has 108 valence electrons. The summed E-state index contributed by atoms with van der Waals surface area (Å²) in [5.41, 5.74) is 0.161. The molecule has 0 bridgehead atoms. The van der Waals surface area contributed by atoms with Crippen LogP contribution in [-0.4, -0.2) is 16.7 Å². The van der Waals surface area contributed by atoms with Gasteiger partial charge in [-0.3, -0.25) is 0 Å². The fourth-order valence-corrected chi connectivity index (χ4v) is 3.08. The molecule has 0 amide bonds. The molecule has 1 aromatic heterocycles. The van der Waals surface area contributed by atoms with Crippen LogP contribution in [0.15, 0.2) is 4.42 Å². The SMILES string of the molecule is CCCNC(CC)c1nnc(C2(CC)CCCC2)o1. The van der Waals surface area contributed by atoms with Crippen LogP contribution in [-0.2, 0) is 5.41 Å². The first-order chi connectivity index (χ1) is 9.25. The van der Waals surface area contributed by atoms with Gasteiger partial charge in [-0.1, -0.05) is 33.6 Å². The molecule has 1 aliphatic rings. The van der Waals surface area contributed by atoms with E-state index in [1.165, 1.54) is 25.7 Å². The summed E-state index contributed by atoms with van der Waals surface area (Å²) in [5.74, 6) is 1.64. The summed E-state index contributed by atoms with van der Waals surface area (Å²) in [5, 5.41) is 12.1. The van der Waals surface area contributed by atoms with Crippen molar-refractivity contribution in [2.75, 3.05) is 6.54 Å². The Balaban J connectivity index is 2.13. The average Bonchev–Trinajstić information content (AvgIpc) is 3.09. The van der Waals surface area contributed by atoms with Crippen molar-refractivity contribution in [2.24, 2.45) is 0 Å². The Morgan fingerprint density at radius 2 is 1.95 bits per heavy atom. The van der Waals surface area contributed by atoms with Crippen molar-refractivity contribution in [3.8, 4) is 0 Å². The van der Waals surface area contributed by atoms with E-state index in [-0.39, 0.29) is 11.5 Å². The average molecular weight is 265 g/mol. The molecule has 1 atom stereocenters. The van der Waals surface area contributed by atoms with Crippen molar-refractivity contribution < 1.29 is 4.42 Å². The highest BCUT2D eigenvalue weighted by Gasteiger charge is 2.39. The van der Waals surface area contributed by atoms with Gasteiger partial charge in [-0.25, -0.2) is 0 Å². The Bertz CT molecular complexity index is 382. The first-order valence-corrected chi connectivity index (χ1v) is 7.83. The van der Waals surface area contributed by atoms with E-state index in [2.05, 4.69) is 36.3 Å². The van der Waals surface area contributed by atoms with Gasteiger partial charge in [0, 0.05) is 5.41 Å². The number of aromatic nitrogens is 2. The zero-order chi connectivity index (χ0) is 13.7. The lowest BCUT2D eigenvalue weighted by Gasteiger charge is -2.22. The smallest absolute Gasteiger partial charge is 0.233 e. The summed E-state index contributed by atoms with van der Waals surface area (Å²) in [4.78, 5) is 0. The van der Waals surface area contributed by atoms with Crippen molar-refractivity contribution in [2.45, 2.75) is 77.2 Å². The van der Waals surface area contributed by atoms with E-state index in [1.807, 2.05) is 0 Å². The second kappa shape index (κ2) is 6.51. The van der Waals surface area contributed by atoms with Gasteiger partial charge < -0.3 is 9.73 Å². The molecule has 0 aromatic carbocycles. The van der Waals surface area contributed by atoms with Crippen LogP contribution in [0.4, 0.5) is 0 Å². The highest BCUT2D eigenvalue weighted by atomic mass is 16.4. The van der Waals surface area contributed by atoms with E-state index >= 15 is 0 Å². The van der Waals surface area contributed by atoms with Crippen LogP contribution in [0.1, 0.15) is 83.5 Å². The summed E-state index contributed by atoms with van der Waals surface area (Å²) >= 11 is 0. The molecular formula is C15H27N3O. The Morgan fingerprint density at radius 1 is 1.21 bits per heavy atom. The molecule has 0 spiro atoms. The van der Waals surface area contributed by atoms with Gasteiger partial charge in [0.1, 0.15) is 0 Å². The third-order valence-electron chi connectivity index (χ3n) is 4.48. The monoisotopic (exact) mass is 265 g/mol. The normalized spacial score (nSPS) is 19.7. The minimum Gasteiger partial charge on any atom is -0.423 e. The molecule has 1 fully saturated rings. The van der Waals surface area contributed by atoms with Crippen molar-refractivity contribution in [3.63, 3.8) is 0 Å². The molecule has 1 aliphatic carbocycles. The van der Waals surface area contributed by atoms with Gasteiger partial charge in [0.05, 0.1) is 6.04 Å². The van der Waals surface area contributed by atoms with E-state index in [4.69, 9.17) is 4.42 Å². The van der Waals surface area contributed by atoms with E-state index in [1.54, 1.807) is 0 Å². The van der Waals surface area contributed by atoms with Gasteiger partial charge in [0.25, 0.3) is 0 Å². The maximum Gasteiger partial charge on any atom is 0.233 e. The molecule has 4 heteroatoms. The fourth-order valence-electron chi connectivity index (χ4n) is 3.08. The maximum atomic E-state index is 6.03. The lowest BCUT2D eigenvalue weighted by Crippen LogP contribution is -2.22. The lowest BCUT2D eigenvalue weighted by molar-refractivity contribution is 0.289. The molecule has 1 heterocycles. The zero-order valence-electron chi connectivity index (χ0n) is 12.5. The van der Waals surface area contributed by atoms with Gasteiger partial charge in [-0.2, -0.15) is 0 Å². The molecule has 0 radical (unpaired) electrons. The first kappa shape index (κ1) is 14.5. The molecule has 1 saturated carbocycles. The van der Waals surface area contributed by atoms with Crippen molar-refractivity contribution in [1.29, 1.82) is 0 Å². The molecule has 2 rings (SSSR count). The number of hydrogen-bond donors (Lipinski definition) is 1. The highest BCUT2D eigenvalue weighted by molar-refractivity contribution is 5.07. The lowest BCUT2D eigenvalue weighted by atomic mass is 9.83. The van der Waals surface area contributed by atoms with E-state index in [9.17, 15) is 0 Å². The molecule has 0 saturated heterocycles. The molecule has 1 unspecified atom stereocenters. The molecule has 4 nitrogen and oxygen atoms in total. The molecule has 1 N–H and O–H groups in total. The maximum absolute atomic E-state index is 6.03. The van der Waals surface area contributed by atoms with Crippen molar-refractivity contribution in [3.05, 3.63) is 11.8 Å². The summed E-state index contributed by atoms with van der Waals surface area (Å²) in [6.07, 6.45) is 8.19.